The minimum atomic E-state index is -3.50. The summed E-state index contributed by atoms with van der Waals surface area (Å²) in [6, 6.07) is 9.22. The molecule has 0 saturated carbocycles. The molecule has 2 atom stereocenters. The van der Waals surface area contributed by atoms with Gasteiger partial charge in [-0.25, -0.2) is 26.7 Å². The van der Waals surface area contributed by atoms with Gasteiger partial charge in [0, 0.05) is 32.2 Å². The zero-order valence-electron chi connectivity index (χ0n) is 17.8. The van der Waals surface area contributed by atoms with Crippen LogP contribution in [0.2, 0.25) is 0 Å². The summed E-state index contributed by atoms with van der Waals surface area (Å²) in [5.74, 6) is -1.05. The van der Waals surface area contributed by atoms with E-state index in [1.54, 1.807) is 43.3 Å². The summed E-state index contributed by atoms with van der Waals surface area (Å²) in [5.41, 5.74) is 1.01. The molecule has 9 heteroatoms. The number of halogens is 2. The van der Waals surface area contributed by atoms with Crippen molar-refractivity contribution in [3.8, 4) is 11.1 Å². The van der Waals surface area contributed by atoms with Crippen LogP contribution in [-0.2, 0) is 16.4 Å². The van der Waals surface area contributed by atoms with E-state index in [0.717, 1.165) is 0 Å². The fraction of sp³-hybridized carbons (Fsp3) is 0.409. The first-order chi connectivity index (χ1) is 14.6. The van der Waals surface area contributed by atoms with Crippen molar-refractivity contribution in [3.63, 3.8) is 0 Å². The summed E-state index contributed by atoms with van der Waals surface area (Å²) in [7, 11) is -0.262. The fourth-order valence-corrected chi connectivity index (χ4v) is 4.80. The molecule has 2 amide bonds. The molecule has 3 rings (SSSR count). The molecule has 0 spiro atoms. The van der Waals surface area contributed by atoms with Gasteiger partial charge < -0.3 is 9.80 Å². The fourth-order valence-electron chi connectivity index (χ4n) is 3.89. The van der Waals surface area contributed by atoms with Gasteiger partial charge in [-0.05, 0) is 43.0 Å². The summed E-state index contributed by atoms with van der Waals surface area (Å²) in [6.07, 6.45) is 0.570. The lowest BCUT2D eigenvalue weighted by atomic mass is 9.96. The molecular weight excluding hydrogens is 424 g/mol. The maximum Gasteiger partial charge on any atom is 0.319 e. The number of benzene rings is 2. The molecule has 0 aromatic heterocycles. The molecule has 0 bridgehead atoms. The normalized spacial score (nSPS) is 18.9. The van der Waals surface area contributed by atoms with Gasteiger partial charge in [0.05, 0.1) is 11.8 Å². The maximum absolute atomic E-state index is 15.4. The number of urea groups is 1. The highest BCUT2D eigenvalue weighted by molar-refractivity contribution is 7.89. The van der Waals surface area contributed by atoms with Gasteiger partial charge in [0.15, 0.2) is 0 Å². The van der Waals surface area contributed by atoms with Crippen LogP contribution in [0.15, 0.2) is 42.5 Å². The minimum Gasteiger partial charge on any atom is -0.331 e. The Labute approximate surface area is 181 Å². The Morgan fingerprint density at radius 3 is 2.55 bits per heavy atom. The van der Waals surface area contributed by atoms with Gasteiger partial charge in [0.2, 0.25) is 10.0 Å². The quantitative estimate of drug-likeness (QED) is 0.733. The predicted octanol–water partition coefficient (Wildman–Crippen LogP) is 3.24. The molecule has 1 aliphatic rings. The van der Waals surface area contributed by atoms with Crippen molar-refractivity contribution < 1.29 is 22.0 Å². The number of likely N-dealkylation sites (tertiary alicyclic amines) is 1. The van der Waals surface area contributed by atoms with Crippen molar-refractivity contribution in [3.05, 3.63) is 59.7 Å². The van der Waals surface area contributed by atoms with Gasteiger partial charge in [0.1, 0.15) is 11.6 Å². The molecule has 1 aliphatic heterocycles. The van der Waals surface area contributed by atoms with Crippen molar-refractivity contribution in [2.24, 2.45) is 0 Å². The Kier molecular flexibility index (Phi) is 6.96. The van der Waals surface area contributed by atoms with Crippen LogP contribution in [0.4, 0.5) is 13.6 Å². The molecule has 0 radical (unpaired) electrons. The van der Waals surface area contributed by atoms with Crippen molar-refractivity contribution >= 4 is 16.1 Å². The monoisotopic (exact) mass is 451 g/mol. The van der Waals surface area contributed by atoms with Gasteiger partial charge in [-0.3, -0.25) is 0 Å². The zero-order valence-corrected chi connectivity index (χ0v) is 18.6. The van der Waals surface area contributed by atoms with Crippen LogP contribution in [0.3, 0.4) is 0 Å². The molecule has 2 aromatic rings. The second-order valence-electron chi connectivity index (χ2n) is 7.85. The smallest absolute Gasteiger partial charge is 0.319 e. The molecule has 0 aliphatic carbocycles. The van der Waals surface area contributed by atoms with E-state index in [2.05, 4.69) is 4.72 Å². The molecule has 1 fully saturated rings. The molecule has 6 nitrogen and oxygen atoms in total. The maximum atomic E-state index is 15.4. The number of carbonyl (C=O) groups excluding carboxylic acids is 1. The summed E-state index contributed by atoms with van der Waals surface area (Å²) in [5, 5.41) is 0. The third kappa shape index (κ3) is 5.22. The highest BCUT2D eigenvalue weighted by Gasteiger charge is 2.39. The number of nitrogens with zero attached hydrogens (tertiary/aromatic N) is 2. The molecule has 0 unspecified atom stereocenters. The Morgan fingerprint density at radius 2 is 1.90 bits per heavy atom. The van der Waals surface area contributed by atoms with Crippen LogP contribution >= 0.6 is 0 Å². The summed E-state index contributed by atoms with van der Waals surface area (Å²) < 4.78 is 56.0. The van der Waals surface area contributed by atoms with E-state index in [4.69, 9.17) is 0 Å². The molecule has 1 heterocycles. The summed E-state index contributed by atoms with van der Waals surface area (Å²) in [4.78, 5) is 15.7. The van der Waals surface area contributed by atoms with Crippen LogP contribution in [0.25, 0.3) is 11.1 Å². The van der Waals surface area contributed by atoms with E-state index in [1.165, 1.54) is 30.0 Å². The van der Waals surface area contributed by atoms with Crippen molar-refractivity contribution in [1.82, 2.24) is 14.5 Å². The van der Waals surface area contributed by atoms with Crippen molar-refractivity contribution in [2.45, 2.75) is 31.8 Å². The molecular formula is C22H27F2N3O3S. The summed E-state index contributed by atoms with van der Waals surface area (Å²) >= 11 is 0. The standard InChI is InChI=1S/C22H27F2N3O3S/c1-4-31(29,30)25-19-11-12-27(22(28)26(2)3)20(19)14-16-8-6-10-18(21(16)24)15-7-5-9-17(23)13-15/h5-10,13,19-20,25H,4,11-12,14H2,1-3H3/t19-,20-/m0/s1. The van der Waals surface area contributed by atoms with Crippen LogP contribution in [0.1, 0.15) is 18.9 Å². The average molecular weight is 452 g/mol. The van der Waals surface area contributed by atoms with Crippen LogP contribution in [-0.4, -0.2) is 62.7 Å². The highest BCUT2D eigenvalue weighted by atomic mass is 32.2. The topological polar surface area (TPSA) is 69.7 Å². The molecule has 2 aromatic carbocycles. The van der Waals surface area contributed by atoms with Gasteiger partial charge in [0.25, 0.3) is 0 Å². The Morgan fingerprint density at radius 1 is 1.19 bits per heavy atom. The highest BCUT2D eigenvalue weighted by Crippen LogP contribution is 2.29. The third-order valence-corrected chi connectivity index (χ3v) is 6.95. The van der Waals surface area contributed by atoms with Crippen LogP contribution in [0.5, 0.6) is 0 Å². The molecule has 31 heavy (non-hydrogen) atoms. The minimum absolute atomic E-state index is 0.0821. The Balaban J connectivity index is 1.96. The number of rotatable bonds is 6. The number of amides is 2. The van der Waals surface area contributed by atoms with E-state index < -0.39 is 33.7 Å². The molecule has 168 valence electrons. The van der Waals surface area contributed by atoms with E-state index >= 15 is 4.39 Å². The third-order valence-electron chi connectivity index (χ3n) is 5.53. The lowest BCUT2D eigenvalue weighted by Gasteiger charge is -2.31. The Hall–Kier alpha value is -2.52. The second kappa shape index (κ2) is 9.32. The predicted molar refractivity (Wildman–Crippen MR) is 116 cm³/mol. The van der Waals surface area contributed by atoms with E-state index in [1.807, 2.05) is 0 Å². The second-order valence-corrected chi connectivity index (χ2v) is 9.89. The number of carbonyl (C=O) groups is 1. The first kappa shape index (κ1) is 23.1. The molecule has 1 N–H and O–H groups in total. The van der Waals surface area contributed by atoms with Gasteiger partial charge in [-0.2, -0.15) is 0 Å². The van der Waals surface area contributed by atoms with E-state index in [0.29, 0.717) is 24.1 Å². The van der Waals surface area contributed by atoms with Crippen LogP contribution in [0, 0.1) is 11.6 Å². The lowest BCUT2D eigenvalue weighted by Crippen LogP contribution is -2.50. The van der Waals surface area contributed by atoms with Crippen molar-refractivity contribution in [2.75, 3.05) is 26.4 Å². The molecule has 1 saturated heterocycles. The number of hydrogen-bond donors (Lipinski definition) is 1. The van der Waals surface area contributed by atoms with E-state index in [-0.39, 0.29) is 23.8 Å². The SMILES string of the molecule is CCS(=O)(=O)N[C@H]1CCN(C(=O)N(C)C)[C@H]1Cc1cccc(-c2cccc(F)c2)c1F. The number of sulfonamides is 1. The van der Waals surface area contributed by atoms with E-state index in [9.17, 15) is 17.6 Å². The zero-order chi connectivity index (χ0) is 22.8. The average Bonchev–Trinajstić information content (AvgIpc) is 3.10. The van der Waals surface area contributed by atoms with Gasteiger partial charge >= 0.3 is 6.03 Å². The summed E-state index contributed by atoms with van der Waals surface area (Å²) in [6.45, 7) is 1.90. The first-order valence-corrected chi connectivity index (χ1v) is 11.8. The Bertz CT molecular complexity index is 1060. The number of nitrogens with one attached hydrogen (secondary N) is 1. The van der Waals surface area contributed by atoms with Gasteiger partial charge in [-0.15, -0.1) is 0 Å². The van der Waals surface area contributed by atoms with Gasteiger partial charge in [-0.1, -0.05) is 30.3 Å². The number of hydrogen-bond acceptors (Lipinski definition) is 3. The lowest BCUT2D eigenvalue weighted by molar-refractivity contribution is 0.162. The largest absolute Gasteiger partial charge is 0.331 e. The van der Waals surface area contributed by atoms with Crippen molar-refractivity contribution in [1.29, 1.82) is 0 Å². The van der Waals surface area contributed by atoms with Crippen LogP contribution < -0.4 is 4.72 Å². The first-order valence-electron chi connectivity index (χ1n) is 10.1.